The highest BCUT2D eigenvalue weighted by Gasteiger charge is 2.20. The van der Waals surface area contributed by atoms with Gasteiger partial charge in [0.25, 0.3) is 0 Å². The van der Waals surface area contributed by atoms with Crippen LogP contribution in [0.15, 0.2) is 18.2 Å². The van der Waals surface area contributed by atoms with Crippen LogP contribution in [0.4, 0.5) is 0 Å². The first-order valence-corrected chi connectivity index (χ1v) is 7.23. The Morgan fingerprint density at radius 1 is 1.00 bits per heavy atom. The Bertz CT molecular complexity index is 358. The summed E-state index contributed by atoms with van der Waals surface area (Å²) in [4.78, 5) is 2.58. The topological polar surface area (TPSA) is 29.3 Å². The fraction of sp³-hybridized carbons (Fsp3) is 0.625. The molecule has 2 nitrogen and oxygen atoms in total. The molecular formula is C16H26N2. The third kappa shape index (κ3) is 3.33. The van der Waals surface area contributed by atoms with Crippen molar-refractivity contribution in [2.45, 2.75) is 45.6 Å². The molecule has 1 saturated heterocycles. The maximum absolute atomic E-state index is 6.05. The minimum atomic E-state index is 0.404. The van der Waals surface area contributed by atoms with Crippen molar-refractivity contribution in [2.24, 2.45) is 5.73 Å². The van der Waals surface area contributed by atoms with Gasteiger partial charge in [0.05, 0.1) is 0 Å². The average molecular weight is 246 g/mol. The van der Waals surface area contributed by atoms with Crippen molar-refractivity contribution in [3.8, 4) is 0 Å². The number of rotatable bonds is 3. The smallest absolute Gasteiger partial charge is 0.0470 e. The molecule has 1 aromatic rings. The SMILES string of the molecule is Cc1cc(C)cc(C(CN)N2CCCCCC2)c1. The predicted molar refractivity (Wildman–Crippen MR) is 77.8 cm³/mol. The molecule has 1 unspecified atom stereocenters. The summed E-state index contributed by atoms with van der Waals surface area (Å²) in [5, 5.41) is 0. The van der Waals surface area contributed by atoms with Crippen molar-refractivity contribution in [1.29, 1.82) is 0 Å². The molecular weight excluding hydrogens is 220 g/mol. The zero-order valence-corrected chi connectivity index (χ0v) is 11.8. The van der Waals surface area contributed by atoms with E-state index in [0.29, 0.717) is 6.04 Å². The van der Waals surface area contributed by atoms with Gasteiger partial charge in [0.1, 0.15) is 0 Å². The highest BCUT2D eigenvalue weighted by atomic mass is 15.2. The fourth-order valence-electron chi connectivity index (χ4n) is 3.11. The third-order valence-electron chi connectivity index (χ3n) is 3.93. The zero-order valence-electron chi connectivity index (χ0n) is 11.8. The van der Waals surface area contributed by atoms with E-state index in [0.717, 1.165) is 6.54 Å². The molecule has 1 aliphatic rings. The minimum absolute atomic E-state index is 0.404. The van der Waals surface area contributed by atoms with Gasteiger partial charge in [-0.1, -0.05) is 42.2 Å². The van der Waals surface area contributed by atoms with Gasteiger partial charge in [-0.3, -0.25) is 4.90 Å². The van der Waals surface area contributed by atoms with Gasteiger partial charge in [0, 0.05) is 12.6 Å². The van der Waals surface area contributed by atoms with Crippen molar-refractivity contribution >= 4 is 0 Å². The van der Waals surface area contributed by atoms with Gasteiger partial charge in [-0.15, -0.1) is 0 Å². The Morgan fingerprint density at radius 2 is 1.56 bits per heavy atom. The maximum Gasteiger partial charge on any atom is 0.0470 e. The molecule has 0 saturated carbocycles. The summed E-state index contributed by atoms with van der Waals surface area (Å²) in [6, 6.07) is 7.24. The molecule has 0 radical (unpaired) electrons. The number of benzene rings is 1. The fourth-order valence-corrected chi connectivity index (χ4v) is 3.11. The molecule has 0 bridgehead atoms. The van der Waals surface area contributed by atoms with Crippen LogP contribution in [0.2, 0.25) is 0 Å². The van der Waals surface area contributed by atoms with Crippen LogP contribution in [-0.4, -0.2) is 24.5 Å². The molecule has 100 valence electrons. The van der Waals surface area contributed by atoms with Crippen molar-refractivity contribution < 1.29 is 0 Å². The molecule has 0 aliphatic carbocycles. The Kier molecular flexibility index (Phi) is 4.79. The quantitative estimate of drug-likeness (QED) is 0.887. The third-order valence-corrected chi connectivity index (χ3v) is 3.93. The lowest BCUT2D eigenvalue weighted by Gasteiger charge is -2.30. The molecule has 0 aromatic heterocycles. The average Bonchev–Trinajstić information content (AvgIpc) is 2.58. The van der Waals surface area contributed by atoms with Crippen LogP contribution in [-0.2, 0) is 0 Å². The van der Waals surface area contributed by atoms with E-state index in [2.05, 4.69) is 36.9 Å². The first-order chi connectivity index (χ1) is 8.70. The molecule has 1 atom stereocenters. The van der Waals surface area contributed by atoms with Crippen LogP contribution in [0.3, 0.4) is 0 Å². The van der Waals surface area contributed by atoms with E-state index in [1.54, 1.807) is 0 Å². The van der Waals surface area contributed by atoms with E-state index >= 15 is 0 Å². The summed E-state index contributed by atoms with van der Waals surface area (Å²) < 4.78 is 0. The summed E-state index contributed by atoms with van der Waals surface area (Å²) in [5.41, 5.74) is 10.1. The molecule has 0 amide bonds. The first-order valence-electron chi connectivity index (χ1n) is 7.23. The molecule has 1 aromatic carbocycles. The Labute approximate surface area is 111 Å². The number of nitrogens with two attached hydrogens (primary N) is 1. The van der Waals surface area contributed by atoms with Gasteiger partial charge in [0.2, 0.25) is 0 Å². The number of likely N-dealkylation sites (tertiary alicyclic amines) is 1. The van der Waals surface area contributed by atoms with Crippen LogP contribution in [0.5, 0.6) is 0 Å². The maximum atomic E-state index is 6.05. The predicted octanol–water partition coefficient (Wildman–Crippen LogP) is 3.18. The van der Waals surface area contributed by atoms with Crippen molar-refractivity contribution in [3.05, 3.63) is 34.9 Å². The number of hydrogen-bond acceptors (Lipinski definition) is 2. The molecule has 2 rings (SSSR count). The molecule has 0 spiro atoms. The van der Waals surface area contributed by atoms with Gasteiger partial charge >= 0.3 is 0 Å². The lowest BCUT2D eigenvalue weighted by Crippen LogP contribution is -2.34. The van der Waals surface area contributed by atoms with Gasteiger partial charge in [0.15, 0.2) is 0 Å². The summed E-state index contributed by atoms with van der Waals surface area (Å²) in [6.45, 7) is 7.48. The lowest BCUT2D eigenvalue weighted by molar-refractivity contribution is 0.209. The van der Waals surface area contributed by atoms with Gasteiger partial charge < -0.3 is 5.73 Å². The number of aryl methyl sites for hydroxylation is 2. The van der Waals surface area contributed by atoms with E-state index in [4.69, 9.17) is 5.73 Å². The highest BCUT2D eigenvalue weighted by Crippen LogP contribution is 2.25. The number of nitrogens with zero attached hydrogens (tertiary/aromatic N) is 1. The molecule has 1 aliphatic heterocycles. The lowest BCUT2D eigenvalue weighted by atomic mass is 10.00. The standard InChI is InChI=1S/C16H26N2/c1-13-9-14(2)11-15(10-13)16(12-17)18-7-5-3-4-6-8-18/h9-11,16H,3-8,12,17H2,1-2H3. The highest BCUT2D eigenvalue weighted by molar-refractivity contribution is 5.31. The van der Waals surface area contributed by atoms with Gasteiger partial charge in [-0.05, 0) is 45.3 Å². The van der Waals surface area contributed by atoms with E-state index in [9.17, 15) is 0 Å². The summed E-state index contributed by atoms with van der Waals surface area (Å²) in [7, 11) is 0. The summed E-state index contributed by atoms with van der Waals surface area (Å²) >= 11 is 0. The monoisotopic (exact) mass is 246 g/mol. The Hall–Kier alpha value is -0.860. The molecule has 2 N–H and O–H groups in total. The molecule has 1 heterocycles. The Balaban J connectivity index is 2.20. The van der Waals surface area contributed by atoms with E-state index in [1.165, 1.54) is 55.5 Å². The minimum Gasteiger partial charge on any atom is -0.329 e. The van der Waals surface area contributed by atoms with E-state index in [1.807, 2.05) is 0 Å². The van der Waals surface area contributed by atoms with Crippen LogP contribution >= 0.6 is 0 Å². The molecule has 2 heteroatoms. The van der Waals surface area contributed by atoms with Crippen molar-refractivity contribution in [3.63, 3.8) is 0 Å². The Morgan fingerprint density at radius 3 is 2.06 bits per heavy atom. The second-order valence-corrected chi connectivity index (χ2v) is 5.62. The number of hydrogen-bond donors (Lipinski definition) is 1. The van der Waals surface area contributed by atoms with Crippen molar-refractivity contribution in [1.82, 2.24) is 4.90 Å². The zero-order chi connectivity index (χ0) is 13.0. The van der Waals surface area contributed by atoms with Crippen molar-refractivity contribution in [2.75, 3.05) is 19.6 Å². The summed E-state index contributed by atoms with van der Waals surface area (Å²) in [6.07, 6.45) is 5.39. The van der Waals surface area contributed by atoms with Crippen LogP contribution in [0.1, 0.15) is 48.4 Å². The van der Waals surface area contributed by atoms with Crippen LogP contribution in [0.25, 0.3) is 0 Å². The van der Waals surface area contributed by atoms with E-state index < -0.39 is 0 Å². The second-order valence-electron chi connectivity index (χ2n) is 5.62. The van der Waals surface area contributed by atoms with Gasteiger partial charge in [-0.25, -0.2) is 0 Å². The first kappa shape index (κ1) is 13.6. The second kappa shape index (κ2) is 6.35. The summed E-state index contributed by atoms with van der Waals surface area (Å²) in [5.74, 6) is 0. The molecule has 18 heavy (non-hydrogen) atoms. The molecule has 1 fully saturated rings. The normalized spacial score (nSPS) is 19.5. The van der Waals surface area contributed by atoms with Gasteiger partial charge in [-0.2, -0.15) is 0 Å². The largest absolute Gasteiger partial charge is 0.329 e. The van der Waals surface area contributed by atoms with Crippen LogP contribution in [0, 0.1) is 13.8 Å². The van der Waals surface area contributed by atoms with Crippen LogP contribution < -0.4 is 5.73 Å². The van der Waals surface area contributed by atoms with E-state index in [-0.39, 0.29) is 0 Å².